The summed E-state index contributed by atoms with van der Waals surface area (Å²) in [7, 11) is 1.69. The minimum Gasteiger partial charge on any atom is -0.383 e. The van der Waals surface area contributed by atoms with Gasteiger partial charge in [-0.1, -0.05) is 24.9 Å². The Hall–Kier alpha value is -1.02. The Labute approximate surface area is 108 Å². The molecule has 0 aromatic heterocycles. The number of nitriles is 1. The molecule has 90 valence electrons. The van der Waals surface area contributed by atoms with E-state index in [9.17, 15) is 0 Å². The van der Waals surface area contributed by atoms with Crippen LogP contribution in [0.25, 0.3) is 0 Å². The summed E-state index contributed by atoms with van der Waals surface area (Å²) in [5, 5.41) is 9.07. The van der Waals surface area contributed by atoms with Gasteiger partial charge >= 0.3 is 0 Å². The summed E-state index contributed by atoms with van der Waals surface area (Å²) in [4.78, 5) is 0. The average Bonchev–Trinajstić information content (AvgIpc) is 2.79. The van der Waals surface area contributed by atoms with Crippen LogP contribution in [0.15, 0.2) is 18.2 Å². The van der Waals surface area contributed by atoms with Crippen molar-refractivity contribution in [2.45, 2.75) is 18.9 Å². The molecule has 1 atom stereocenters. The molecule has 0 bridgehead atoms. The lowest BCUT2D eigenvalue weighted by Crippen LogP contribution is -2.21. The Kier molecular flexibility index (Phi) is 4.06. The fourth-order valence-corrected chi connectivity index (χ4v) is 2.71. The van der Waals surface area contributed by atoms with Gasteiger partial charge in [-0.05, 0) is 30.0 Å². The Bertz CT molecular complexity index is 442. The highest BCUT2D eigenvalue weighted by atomic mass is 32.1. The fraction of sp³-hybridized carbons (Fsp3) is 0.462. The molecule has 1 aromatic rings. The third-order valence-corrected chi connectivity index (χ3v) is 3.72. The van der Waals surface area contributed by atoms with Gasteiger partial charge in [0, 0.05) is 19.7 Å². The number of hydrogen-bond donors (Lipinski definition) is 1. The molecule has 1 aliphatic rings. The van der Waals surface area contributed by atoms with Crippen LogP contribution in [-0.2, 0) is 11.2 Å². The zero-order valence-corrected chi connectivity index (χ0v) is 10.8. The average molecular weight is 248 g/mol. The van der Waals surface area contributed by atoms with Crippen molar-refractivity contribution in [1.29, 1.82) is 5.26 Å². The lowest BCUT2D eigenvalue weighted by Gasteiger charge is -2.23. The summed E-state index contributed by atoms with van der Waals surface area (Å²) in [6.07, 6.45) is 2.00. The normalized spacial score (nSPS) is 18.1. The third-order valence-electron chi connectivity index (χ3n) is 3.24. The van der Waals surface area contributed by atoms with Gasteiger partial charge in [0.1, 0.15) is 0 Å². The van der Waals surface area contributed by atoms with Gasteiger partial charge in [-0.25, -0.2) is 4.31 Å². The molecular formula is C13H16N2OS. The van der Waals surface area contributed by atoms with E-state index >= 15 is 0 Å². The molecule has 0 saturated carbocycles. The molecule has 17 heavy (non-hydrogen) atoms. The summed E-state index contributed by atoms with van der Waals surface area (Å²) in [5.74, 6) is 0. The summed E-state index contributed by atoms with van der Waals surface area (Å²) in [5.41, 5.74) is 3.24. The molecule has 2 rings (SSSR count). The molecule has 4 heteroatoms. The molecule has 1 aromatic carbocycles. The number of methoxy groups -OCH3 is 1. The maximum atomic E-state index is 9.07. The number of ether oxygens (including phenoxy) is 1. The van der Waals surface area contributed by atoms with Crippen LogP contribution in [0.3, 0.4) is 0 Å². The lowest BCUT2D eigenvalue weighted by molar-refractivity contribution is 0.172. The van der Waals surface area contributed by atoms with Crippen LogP contribution in [0.5, 0.6) is 0 Å². The van der Waals surface area contributed by atoms with Crippen LogP contribution in [0.1, 0.15) is 29.2 Å². The zero-order valence-electron chi connectivity index (χ0n) is 9.89. The van der Waals surface area contributed by atoms with Crippen molar-refractivity contribution in [2.75, 3.05) is 20.3 Å². The monoisotopic (exact) mass is 248 g/mol. The van der Waals surface area contributed by atoms with Crippen molar-refractivity contribution in [3.8, 4) is 6.07 Å². The number of benzene rings is 1. The minimum atomic E-state index is 0.303. The Morgan fingerprint density at radius 2 is 2.41 bits per heavy atom. The first-order valence-electron chi connectivity index (χ1n) is 5.74. The van der Waals surface area contributed by atoms with Crippen LogP contribution in [0.2, 0.25) is 0 Å². The first-order chi connectivity index (χ1) is 8.27. The van der Waals surface area contributed by atoms with E-state index < -0.39 is 0 Å². The molecule has 3 nitrogen and oxygen atoms in total. The largest absolute Gasteiger partial charge is 0.383 e. The van der Waals surface area contributed by atoms with E-state index in [4.69, 9.17) is 10.00 Å². The maximum Gasteiger partial charge on any atom is 0.0994 e. The standard InChI is InChI=1S/C13H16N2OS/c1-16-8-7-15(17)13-6-5-11-10(9-14)3-2-4-12(11)13/h2-4,13,17H,5-8H2,1H3. The molecule has 0 fully saturated rings. The molecule has 0 radical (unpaired) electrons. The second-order valence-corrected chi connectivity index (χ2v) is 4.71. The summed E-state index contributed by atoms with van der Waals surface area (Å²) in [6, 6.07) is 8.51. The second-order valence-electron chi connectivity index (χ2n) is 4.20. The van der Waals surface area contributed by atoms with Gasteiger partial charge in [-0.15, -0.1) is 0 Å². The zero-order chi connectivity index (χ0) is 12.3. The van der Waals surface area contributed by atoms with E-state index in [1.165, 1.54) is 11.1 Å². The lowest BCUT2D eigenvalue weighted by atomic mass is 10.0. The molecule has 0 heterocycles. The number of fused-ring (bicyclic) bond motifs is 1. The number of rotatable bonds is 4. The Morgan fingerprint density at radius 3 is 3.12 bits per heavy atom. The van der Waals surface area contributed by atoms with Gasteiger partial charge in [0.05, 0.1) is 18.2 Å². The van der Waals surface area contributed by atoms with Crippen LogP contribution >= 0.6 is 12.8 Å². The Balaban J connectivity index is 2.20. The van der Waals surface area contributed by atoms with E-state index in [2.05, 4.69) is 25.0 Å². The van der Waals surface area contributed by atoms with Gasteiger partial charge in [0.25, 0.3) is 0 Å². The van der Waals surface area contributed by atoms with Crippen molar-refractivity contribution in [1.82, 2.24) is 4.31 Å². The van der Waals surface area contributed by atoms with Crippen LogP contribution < -0.4 is 0 Å². The van der Waals surface area contributed by atoms with Gasteiger partial charge < -0.3 is 4.74 Å². The minimum absolute atomic E-state index is 0.303. The summed E-state index contributed by atoms with van der Waals surface area (Å²) >= 11 is 4.52. The topological polar surface area (TPSA) is 36.3 Å². The summed E-state index contributed by atoms with van der Waals surface area (Å²) < 4.78 is 7.07. The molecule has 0 amide bonds. The third kappa shape index (κ3) is 2.47. The van der Waals surface area contributed by atoms with Crippen molar-refractivity contribution in [2.24, 2.45) is 0 Å². The predicted molar refractivity (Wildman–Crippen MR) is 69.8 cm³/mol. The van der Waals surface area contributed by atoms with Crippen LogP contribution in [0.4, 0.5) is 0 Å². The van der Waals surface area contributed by atoms with E-state index in [1.807, 2.05) is 16.4 Å². The Morgan fingerprint density at radius 1 is 1.59 bits per heavy atom. The van der Waals surface area contributed by atoms with Gasteiger partial charge in [-0.3, -0.25) is 0 Å². The van der Waals surface area contributed by atoms with E-state index in [-0.39, 0.29) is 0 Å². The van der Waals surface area contributed by atoms with E-state index in [1.54, 1.807) is 7.11 Å². The van der Waals surface area contributed by atoms with E-state index in [0.29, 0.717) is 12.6 Å². The van der Waals surface area contributed by atoms with Gasteiger partial charge in [0.2, 0.25) is 0 Å². The second kappa shape index (κ2) is 5.54. The molecule has 1 unspecified atom stereocenters. The molecule has 0 spiro atoms. The molecule has 0 aliphatic heterocycles. The highest BCUT2D eigenvalue weighted by Crippen LogP contribution is 2.37. The smallest absolute Gasteiger partial charge is 0.0994 e. The van der Waals surface area contributed by atoms with Crippen molar-refractivity contribution in [3.63, 3.8) is 0 Å². The number of hydrogen-bond acceptors (Lipinski definition) is 4. The predicted octanol–water partition coefficient (Wildman–Crippen LogP) is 2.34. The molecular weight excluding hydrogens is 232 g/mol. The van der Waals surface area contributed by atoms with Crippen LogP contribution in [-0.4, -0.2) is 24.6 Å². The SMILES string of the molecule is COCCN(S)C1CCc2c(C#N)cccc21. The van der Waals surface area contributed by atoms with Gasteiger partial charge in [-0.2, -0.15) is 5.26 Å². The summed E-state index contributed by atoms with van der Waals surface area (Å²) in [6.45, 7) is 1.47. The number of thiol groups is 1. The first-order valence-corrected chi connectivity index (χ1v) is 6.14. The van der Waals surface area contributed by atoms with E-state index in [0.717, 1.165) is 24.9 Å². The highest BCUT2D eigenvalue weighted by molar-refractivity contribution is 7.77. The molecule has 0 N–H and O–H groups in total. The first kappa shape index (κ1) is 12.4. The highest BCUT2D eigenvalue weighted by Gasteiger charge is 2.27. The fourth-order valence-electron chi connectivity index (χ4n) is 2.39. The van der Waals surface area contributed by atoms with Gasteiger partial charge in [0.15, 0.2) is 0 Å². The van der Waals surface area contributed by atoms with Crippen molar-refractivity contribution >= 4 is 12.8 Å². The molecule has 1 aliphatic carbocycles. The van der Waals surface area contributed by atoms with Crippen molar-refractivity contribution in [3.05, 3.63) is 34.9 Å². The van der Waals surface area contributed by atoms with Crippen LogP contribution in [0, 0.1) is 11.3 Å². The van der Waals surface area contributed by atoms with Crippen molar-refractivity contribution < 1.29 is 4.74 Å². The number of nitrogens with zero attached hydrogens (tertiary/aromatic N) is 2. The molecule has 0 saturated heterocycles. The maximum absolute atomic E-state index is 9.07. The quantitative estimate of drug-likeness (QED) is 0.831.